The van der Waals surface area contributed by atoms with Crippen molar-refractivity contribution in [3.8, 4) is 0 Å². The Hall–Kier alpha value is -0.830. The van der Waals surface area contributed by atoms with Crippen LogP contribution in [0.5, 0.6) is 0 Å². The number of carbonyl (C=O) groups is 2. The summed E-state index contributed by atoms with van der Waals surface area (Å²) in [7, 11) is 0. The van der Waals surface area contributed by atoms with Crippen LogP contribution in [-0.4, -0.2) is 37.4 Å². The summed E-state index contributed by atoms with van der Waals surface area (Å²) in [5.74, 6) is -0.482. The van der Waals surface area contributed by atoms with Crippen molar-refractivity contribution >= 4 is 11.9 Å². The van der Waals surface area contributed by atoms with Gasteiger partial charge in [-0.1, -0.05) is 0 Å². The normalized spacial score (nSPS) is 12.2. The Balaban J connectivity index is 1.94. The minimum absolute atomic E-state index is 0.107. The molecule has 2 aromatic rings. The molecule has 0 N–H and O–H groups in total. The number of carbonyl (C=O) groups excluding carboxylic acids is 2. The zero-order chi connectivity index (χ0) is 24.4. The first-order chi connectivity index (χ1) is 16.7. The third-order valence-electron chi connectivity index (χ3n) is 5.36. The van der Waals surface area contributed by atoms with Gasteiger partial charge in [0, 0.05) is 0 Å². The van der Waals surface area contributed by atoms with Gasteiger partial charge in [0.15, 0.2) is 0 Å². The van der Waals surface area contributed by atoms with E-state index in [4.69, 9.17) is 14.8 Å². The summed E-state index contributed by atoms with van der Waals surface area (Å²) < 4.78 is 25.4. The number of hydrogen-bond acceptors (Lipinski definition) is 6. The molecule has 2 rings (SSSR count). The molecule has 0 aliphatic rings. The van der Waals surface area contributed by atoms with Gasteiger partial charge in [-0.15, -0.1) is 0 Å². The molecular formula is C26H34Hg2O6. The number of ether oxygens (including phenoxy) is 2. The molecule has 0 saturated heterocycles. The Morgan fingerprint density at radius 2 is 1.06 bits per heavy atom. The Bertz CT molecular complexity index is 749. The van der Waals surface area contributed by atoms with Gasteiger partial charge in [0.25, 0.3) is 0 Å². The summed E-state index contributed by atoms with van der Waals surface area (Å²) in [5.41, 5.74) is 1.18. The van der Waals surface area contributed by atoms with Crippen molar-refractivity contribution in [3.05, 3.63) is 71.8 Å². The molecule has 2 aromatic carbocycles. The van der Waals surface area contributed by atoms with Crippen LogP contribution in [0.3, 0.4) is 0 Å². The van der Waals surface area contributed by atoms with E-state index in [2.05, 4.69) is 13.8 Å². The first kappa shape index (κ1) is 29.4. The fourth-order valence-electron chi connectivity index (χ4n) is 3.36. The van der Waals surface area contributed by atoms with E-state index >= 15 is 0 Å². The predicted octanol–water partition coefficient (Wildman–Crippen LogP) is 5.90. The maximum absolute atomic E-state index is 12.4. The van der Waals surface area contributed by atoms with Crippen LogP contribution in [0, 0.1) is 0 Å². The molecule has 0 spiro atoms. The molecule has 6 nitrogen and oxygen atoms in total. The first-order valence-corrected chi connectivity index (χ1v) is 24.6. The fraction of sp³-hybridized carbons (Fsp3) is 0.462. The molecular weight excluding hydrogens is 809 g/mol. The average Bonchev–Trinajstić information content (AvgIpc) is 2.88. The molecule has 0 aliphatic carbocycles. The molecule has 178 valence electrons. The minimum atomic E-state index is -1.99. The standard InChI is InChI=1S/C12H24O2.2C7H6O2.2Hg/c1-5-7-9-13-11(3)12(4)14-10-8-6-2;2*8-7(9)6-4-2-1-3-5-6;;/h11-12H,3-10H2,1-2H3;2*1-5H,(H,8,9);;/q;;;2*+1/p-2. The van der Waals surface area contributed by atoms with E-state index in [9.17, 15) is 9.59 Å². The molecule has 0 aromatic heterocycles. The Labute approximate surface area is 229 Å². The van der Waals surface area contributed by atoms with Crippen molar-refractivity contribution in [3.63, 3.8) is 0 Å². The van der Waals surface area contributed by atoms with Crippen LogP contribution >= 0.6 is 0 Å². The van der Waals surface area contributed by atoms with Crippen LogP contribution in [0.1, 0.15) is 60.2 Å². The Kier molecular flexibility index (Phi) is 15.9. The average molecular weight is 844 g/mol. The van der Waals surface area contributed by atoms with Crippen LogP contribution in [0.25, 0.3) is 0 Å². The zero-order valence-electron chi connectivity index (χ0n) is 20.4. The van der Waals surface area contributed by atoms with Gasteiger partial charge in [0.05, 0.1) is 0 Å². The van der Waals surface area contributed by atoms with Gasteiger partial charge in [-0.05, 0) is 0 Å². The first-order valence-electron chi connectivity index (χ1n) is 12.3. The van der Waals surface area contributed by atoms with Crippen LogP contribution in [0.15, 0.2) is 60.7 Å². The van der Waals surface area contributed by atoms with Crippen molar-refractivity contribution in [2.75, 3.05) is 13.2 Å². The van der Waals surface area contributed by atoms with Gasteiger partial charge in [-0.2, -0.15) is 0 Å². The quantitative estimate of drug-likeness (QED) is 0.146. The summed E-state index contributed by atoms with van der Waals surface area (Å²) in [6.45, 7) is 5.59. The van der Waals surface area contributed by atoms with Gasteiger partial charge in [0.2, 0.25) is 0 Å². The third kappa shape index (κ3) is 11.7. The molecule has 0 saturated carbocycles. The molecule has 2 atom stereocenters. The predicted molar refractivity (Wildman–Crippen MR) is 123 cm³/mol. The Morgan fingerprint density at radius 3 is 1.41 bits per heavy atom. The second-order valence-electron chi connectivity index (χ2n) is 8.11. The SMILES string of the molecule is CCCCOC([CH2][Hg][O]C(=O)c1ccccc1)C([CH2][Hg][O]C(=O)c1ccccc1)OCCCC. The van der Waals surface area contributed by atoms with Crippen LogP contribution in [-0.2, 0) is 64.8 Å². The van der Waals surface area contributed by atoms with E-state index < -0.39 is 50.1 Å². The van der Waals surface area contributed by atoms with Crippen molar-refractivity contribution in [2.45, 2.75) is 59.6 Å². The van der Waals surface area contributed by atoms with Crippen molar-refractivity contribution < 1.29 is 74.4 Å². The summed E-state index contributed by atoms with van der Waals surface area (Å²) >= 11 is -3.98. The van der Waals surface area contributed by atoms with Crippen molar-refractivity contribution in [1.29, 1.82) is 0 Å². The summed E-state index contributed by atoms with van der Waals surface area (Å²) in [4.78, 5) is 24.7. The van der Waals surface area contributed by atoms with E-state index in [1.807, 2.05) is 36.4 Å². The van der Waals surface area contributed by atoms with E-state index in [1.165, 1.54) is 0 Å². The second kappa shape index (κ2) is 18.4. The summed E-state index contributed by atoms with van der Waals surface area (Å²) in [6.07, 6.45) is 3.85. The molecule has 0 radical (unpaired) electrons. The van der Waals surface area contributed by atoms with Gasteiger partial charge < -0.3 is 0 Å². The molecule has 8 heteroatoms. The van der Waals surface area contributed by atoms with E-state index in [0.717, 1.165) is 33.5 Å². The number of rotatable bonds is 17. The molecule has 0 fully saturated rings. The number of benzene rings is 2. The monoisotopic (exact) mass is 846 g/mol. The van der Waals surface area contributed by atoms with E-state index in [1.54, 1.807) is 24.3 Å². The van der Waals surface area contributed by atoms with Gasteiger partial charge in [-0.25, -0.2) is 0 Å². The van der Waals surface area contributed by atoms with Crippen molar-refractivity contribution in [1.82, 2.24) is 0 Å². The third-order valence-corrected chi connectivity index (χ3v) is 15.2. The molecule has 0 amide bonds. The maximum atomic E-state index is 12.4. The van der Waals surface area contributed by atoms with Gasteiger partial charge in [0.1, 0.15) is 0 Å². The van der Waals surface area contributed by atoms with Crippen LogP contribution in [0.4, 0.5) is 0 Å². The molecule has 34 heavy (non-hydrogen) atoms. The molecule has 2 unspecified atom stereocenters. The summed E-state index contributed by atoms with van der Waals surface area (Å²) in [6, 6.07) is 18.2. The van der Waals surface area contributed by atoms with E-state index in [-0.39, 0.29) is 24.1 Å². The number of unbranched alkanes of at least 4 members (excludes halogenated alkanes) is 2. The topological polar surface area (TPSA) is 71.1 Å². The summed E-state index contributed by atoms with van der Waals surface area (Å²) in [5, 5.41) is 0. The molecule has 0 aliphatic heterocycles. The second-order valence-corrected chi connectivity index (χ2v) is 18.0. The van der Waals surface area contributed by atoms with Gasteiger partial charge in [-0.3, -0.25) is 0 Å². The number of hydrogen-bond donors (Lipinski definition) is 0. The van der Waals surface area contributed by atoms with Crippen LogP contribution in [0.2, 0.25) is 7.86 Å². The van der Waals surface area contributed by atoms with Crippen LogP contribution < -0.4 is 0 Å². The molecule has 0 heterocycles. The van der Waals surface area contributed by atoms with Gasteiger partial charge >= 0.3 is 231 Å². The van der Waals surface area contributed by atoms with Crippen molar-refractivity contribution in [2.24, 2.45) is 0 Å². The molecule has 0 bridgehead atoms. The zero-order valence-corrected chi connectivity index (χ0v) is 31.4. The Morgan fingerprint density at radius 1 is 0.676 bits per heavy atom. The van der Waals surface area contributed by atoms with E-state index in [0.29, 0.717) is 24.3 Å². The fourth-order valence-corrected chi connectivity index (χ4v) is 13.0.